The summed E-state index contributed by atoms with van der Waals surface area (Å²) < 4.78 is 48.1. The van der Waals surface area contributed by atoms with E-state index in [4.69, 9.17) is 37.9 Å². The van der Waals surface area contributed by atoms with Crippen LogP contribution in [-0.2, 0) is 70.8 Å². The van der Waals surface area contributed by atoms with Crippen molar-refractivity contribution in [3.8, 4) is 23.0 Å². The van der Waals surface area contributed by atoms with E-state index in [1.54, 1.807) is 0 Å². The predicted molar refractivity (Wildman–Crippen MR) is 392 cm³/mol. The second-order valence-electron chi connectivity index (χ2n) is 33.7. The second-order valence-corrected chi connectivity index (χ2v) is 33.7. The van der Waals surface area contributed by atoms with Gasteiger partial charge in [-0.1, -0.05) is 74.2 Å². The highest BCUT2D eigenvalue weighted by molar-refractivity contribution is 5.46. The molecule has 4 aromatic rings. The summed E-state index contributed by atoms with van der Waals surface area (Å²) in [6.07, 6.45) is 30.7. The number of benzene rings is 4. The first-order valence-electron chi connectivity index (χ1n) is 40.6. The van der Waals surface area contributed by atoms with Crippen LogP contribution < -0.4 is 18.9 Å². The first-order chi connectivity index (χ1) is 49.2. The number of hydrogen-bond donors (Lipinski definition) is 0. The van der Waals surface area contributed by atoms with Crippen molar-refractivity contribution in [1.82, 2.24) is 39.2 Å². The van der Waals surface area contributed by atoms with E-state index in [2.05, 4.69) is 112 Å². The third-order valence-electron chi connectivity index (χ3n) is 26.7. The highest BCUT2D eigenvalue weighted by Gasteiger charge is 2.50. The summed E-state index contributed by atoms with van der Waals surface area (Å²) in [7, 11) is 0. The maximum absolute atomic E-state index is 6.57. The first kappa shape index (κ1) is 68.7. The molecule has 0 unspecified atom stereocenters. The Kier molecular flexibility index (Phi) is 21.3. The van der Waals surface area contributed by atoms with Gasteiger partial charge in [-0.05, 0) is 146 Å². The molecule has 12 saturated heterocycles. The van der Waals surface area contributed by atoms with E-state index in [9.17, 15) is 0 Å². The Morgan fingerprint density at radius 2 is 0.500 bits per heavy atom. The molecule has 8 atom stereocenters. The van der Waals surface area contributed by atoms with Gasteiger partial charge < -0.3 is 57.5 Å². The Morgan fingerprint density at radius 1 is 0.270 bits per heavy atom. The van der Waals surface area contributed by atoms with Gasteiger partial charge in [-0.3, -0.25) is 19.6 Å². The summed E-state index contributed by atoms with van der Waals surface area (Å²) in [5, 5.41) is 0. The lowest BCUT2D eigenvalue weighted by Crippen LogP contribution is -2.54. The number of hydrogen-bond acceptors (Lipinski definition) is 16. The van der Waals surface area contributed by atoms with Crippen LogP contribution in [-0.4, -0.2) is 243 Å². The van der Waals surface area contributed by atoms with E-state index in [-0.39, 0.29) is 22.4 Å². The average molecular weight is 1370 g/mol. The van der Waals surface area contributed by atoms with Gasteiger partial charge in [0.05, 0.1) is 52.9 Å². The van der Waals surface area contributed by atoms with E-state index in [1.807, 2.05) is 0 Å². The molecule has 16 nitrogen and oxygen atoms in total. The van der Waals surface area contributed by atoms with Gasteiger partial charge >= 0.3 is 0 Å². The molecular formula is C84H120N8O8. The smallest absolute Gasteiger partial charge is 0.123 e. The minimum absolute atomic E-state index is 0.0818. The molecule has 0 aromatic heterocycles. The molecule has 544 valence electrons. The molecule has 16 aliphatic rings. The number of nitrogens with zero attached hydrogens (tertiary/aromatic N) is 8. The van der Waals surface area contributed by atoms with Crippen molar-refractivity contribution >= 4 is 0 Å². The number of fused-ring (bicyclic) bond motifs is 8. The molecule has 16 heterocycles. The van der Waals surface area contributed by atoms with E-state index >= 15 is 0 Å². The van der Waals surface area contributed by atoms with Gasteiger partial charge in [-0.2, -0.15) is 0 Å². The van der Waals surface area contributed by atoms with Crippen molar-refractivity contribution < 1.29 is 37.9 Å². The molecule has 12 fully saturated rings. The van der Waals surface area contributed by atoms with Crippen LogP contribution in [0.3, 0.4) is 0 Å². The summed E-state index contributed by atoms with van der Waals surface area (Å²) in [5.74, 6) is 4.59. The Morgan fingerprint density at radius 3 is 0.730 bits per heavy atom. The summed E-state index contributed by atoms with van der Waals surface area (Å²) in [6.45, 7) is 29.6. The van der Waals surface area contributed by atoms with Gasteiger partial charge in [0, 0.05) is 206 Å². The highest BCUT2D eigenvalue weighted by Crippen LogP contribution is 2.49. The molecule has 0 amide bonds. The molecule has 16 heteroatoms. The van der Waals surface area contributed by atoms with E-state index < -0.39 is 0 Å². The van der Waals surface area contributed by atoms with Crippen LogP contribution in [0.15, 0.2) is 72.8 Å². The van der Waals surface area contributed by atoms with Crippen LogP contribution in [0.5, 0.6) is 23.0 Å². The average Bonchev–Trinajstić information content (AvgIpc) is 1.62. The second kappa shape index (κ2) is 31.0. The minimum atomic E-state index is 0.0818. The Hall–Kier alpha value is -4.40. The lowest BCUT2D eigenvalue weighted by molar-refractivity contribution is -0.0252. The van der Waals surface area contributed by atoms with Gasteiger partial charge in [0.25, 0.3) is 0 Å². The fourth-order valence-corrected chi connectivity index (χ4v) is 21.3. The predicted octanol–water partition coefficient (Wildman–Crippen LogP) is 11.4. The Labute approximate surface area is 598 Å². The zero-order valence-corrected chi connectivity index (χ0v) is 60.9. The van der Waals surface area contributed by atoms with Crippen molar-refractivity contribution in [3.63, 3.8) is 0 Å². The van der Waals surface area contributed by atoms with Crippen molar-refractivity contribution in [2.75, 3.05) is 158 Å². The standard InChI is InChI=1S/4C21H30N2O2/c4*1-2-7-23-8-6-21(15-19(23)3-1)14-18-13-17(4-5-20(18)25-21)16-22-9-11-24-12-10-22/h4*4-5,13,19H,1-3,6-12,14-16H2/t2*19-,21+;2*19-,21-/m1010/s1. The zero-order valence-electron chi connectivity index (χ0n) is 60.9. The van der Waals surface area contributed by atoms with Crippen LogP contribution in [0.4, 0.5) is 0 Å². The van der Waals surface area contributed by atoms with Crippen molar-refractivity contribution in [1.29, 1.82) is 0 Å². The van der Waals surface area contributed by atoms with Crippen LogP contribution in [0.2, 0.25) is 0 Å². The molecule has 0 bridgehead atoms. The maximum Gasteiger partial charge on any atom is 0.123 e. The molecule has 16 aliphatic heterocycles. The molecular weight excluding hydrogens is 1250 g/mol. The molecule has 0 N–H and O–H groups in total. The summed E-state index contributed by atoms with van der Waals surface area (Å²) in [6, 6.07) is 30.6. The maximum atomic E-state index is 6.57. The van der Waals surface area contributed by atoms with E-state index in [0.717, 1.165) is 204 Å². The van der Waals surface area contributed by atoms with Crippen molar-refractivity contribution in [2.45, 2.75) is 227 Å². The monoisotopic (exact) mass is 1370 g/mol. The quantitative estimate of drug-likeness (QED) is 0.167. The summed E-state index contributed by atoms with van der Waals surface area (Å²) >= 11 is 0. The zero-order chi connectivity index (χ0) is 66.8. The number of rotatable bonds is 8. The summed E-state index contributed by atoms with van der Waals surface area (Å²) in [4.78, 5) is 20.8. The lowest BCUT2D eigenvalue weighted by atomic mass is 9.80. The van der Waals surface area contributed by atoms with Gasteiger partial charge in [0.2, 0.25) is 0 Å². The van der Waals surface area contributed by atoms with Crippen LogP contribution >= 0.6 is 0 Å². The summed E-state index contributed by atoms with van der Waals surface area (Å²) in [5.41, 5.74) is 11.8. The molecule has 100 heavy (non-hydrogen) atoms. The molecule has 0 aliphatic carbocycles. The molecule has 0 radical (unpaired) electrons. The fraction of sp³-hybridized carbons (Fsp3) is 0.714. The van der Waals surface area contributed by atoms with Crippen LogP contribution in [0.25, 0.3) is 0 Å². The Bertz CT molecular complexity index is 2950. The third-order valence-corrected chi connectivity index (χ3v) is 26.7. The number of morpholine rings is 4. The number of ether oxygens (including phenoxy) is 8. The topological polar surface area (TPSA) is 99.8 Å². The van der Waals surface area contributed by atoms with E-state index in [0.29, 0.717) is 0 Å². The lowest BCUT2D eigenvalue weighted by Gasteiger charge is -2.46. The van der Waals surface area contributed by atoms with Gasteiger partial charge in [-0.15, -0.1) is 0 Å². The van der Waals surface area contributed by atoms with Gasteiger partial charge in [-0.25, -0.2) is 0 Å². The van der Waals surface area contributed by atoms with Crippen LogP contribution in [0, 0.1) is 0 Å². The Balaban J connectivity index is 0.0000000997. The van der Waals surface area contributed by atoms with Gasteiger partial charge in [0.1, 0.15) is 45.4 Å². The first-order valence-corrected chi connectivity index (χ1v) is 40.6. The van der Waals surface area contributed by atoms with Crippen molar-refractivity contribution in [3.05, 3.63) is 117 Å². The molecule has 0 saturated carbocycles. The largest absolute Gasteiger partial charge is 0.487 e. The normalized spacial score (nSPS) is 33.0. The SMILES string of the molecule is c1cc2c(cc1CN1CCOCC1)C[C@@]1(CCN3CCCC[C@@H]3C1)O2.c1cc2c(cc1CN1CCOCC1)C[C@@]1(CCN3CCCC[C@H]3C1)O2.c1cc2c(cc1CN1CCOCC1)C[C@]1(CCN3CCCC[C@@H]3C1)O2.c1cc2c(cc1CN1CCOCC1)C[C@]1(CCN3CCCC[C@H]3C1)O2. The van der Waals surface area contributed by atoms with Crippen LogP contribution in [0.1, 0.15) is 173 Å². The molecule has 4 spiro atoms. The fourth-order valence-electron chi connectivity index (χ4n) is 21.3. The van der Waals surface area contributed by atoms with Gasteiger partial charge in [0.15, 0.2) is 0 Å². The highest BCUT2D eigenvalue weighted by atomic mass is 16.5. The molecule has 4 aromatic carbocycles. The third kappa shape index (κ3) is 16.1. The number of piperidine rings is 8. The van der Waals surface area contributed by atoms with E-state index in [1.165, 1.54) is 225 Å². The molecule has 20 rings (SSSR count). The van der Waals surface area contributed by atoms with Crippen molar-refractivity contribution in [2.24, 2.45) is 0 Å². The minimum Gasteiger partial charge on any atom is -0.487 e.